The second kappa shape index (κ2) is 23.2. The average Bonchev–Trinajstić information content (AvgIpc) is 2.50. The predicted molar refractivity (Wildman–Crippen MR) is 99.8 cm³/mol. The lowest BCUT2D eigenvalue weighted by atomic mass is 10.1. The summed E-state index contributed by atoms with van der Waals surface area (Å²) in [6.45, 7) is 3.61. The van der Waals surface area contributed by atoms with Gasteiger partial charge < -0.3 is 10.2 Å². The molecule has 0 aromatic rings. The average molecular weight is 327 g/mol. The summed E-state index contributed by atoms with van der Waals surface area (Å²) in [4.78, 5) is 9.00. The topological polar surface area (TPSA) is 57.5 Å². The van der Waals surface area contributed by atoms with Gasteiger partial charge in [0.1, 0.15) is 0 Å². The second-order valence-corrected chi connectivity index (χ2v) is 5.82. The lowest BCUT2D eigenvalue weighted by Crippen LogP contribution is -1.80. The lowest BCUT2D eigenvalue weighted by molar-refractivity contribution is -0.134. The largest absolute Gasteiger partial charge is 0.481 e. The summed E-state index contributed by atoms with van der Waals surface area (Å²) in [5.74, 6) is -0.833. The van der Waals surface area contributed by atoms with Gasteiger partial charge in [-0.15, -0.1) is 0 Å². The van der Waals surface area contributed by atoms with Gasteiger partial charge in [-0.1, -0.05) is 69.8 Å². The Bertz CT molecular complexity index is 279. The van der Waals surface area contributed by atoms with Crippen LogP contribution in [0.4, 0.5) is 0 Å². The summed E-state index contributed by atoms with van der Waals surface area (Å²) in [5.41, 5.74) is 0. The van der Waals surface area contributed by atoms with Gasteiger partial charge in [0.15, 0.2) is 0 Å². The van der Waals surface area contributed by atoms with Gasteiger partial charge in [-0.2, -0.15) is 0 Å². The molecular formula is C20H38O3. The number of hydrogen-bond acceptors (Lipinski definition) is 2. The molecule has 0 saturated heterocycles. The zero-order valence-electron chi connectivity index (χ0n) is 15.3. The van der Waals surface area contributed by atoms with Gasteiger partial charge in [0.2, 0.25) is 0 Å². The number of carboxylic acid groups (broad SMARTS) is 1. The second-order valence-electron chi connectivity index (χ2n) is 5.82. The third-order valence-electron chi connectivity index (χ3n) is 3.35. The van der Waals surface area contributed by atoms with E-state index in [1.165, 1.54) is 70.6 Å². The van der Waals surface area contributed by atoms with Crippen molar-refractivity contribution in [1.82, 2.24) is 0 Å². The quantitative estimate of drug-likeness (QED) is 0.309. The monoisotopic (exact) mass is 326 g/mol. The number of unbranched alkanes of at least 4 members (excludes halogenated alkanes) is 9. The van der Waals surface area contributed by atoms with Crippen LogP contribution in [-0.4, -0.2) is 22.8 Å². The Morgan fingerprint density at radius 1 is 0.739 bits per heavy atom. The Morgan fingerprint density at radius 3 is 1.48 bits per heavy atom. The van der Waals surface area contributed by atoms with Crippen LogP contribution in [0, 0.1) is 0 Å². The maximum absolute atomic E-state index is 9.00. The zero-order valence-corrected chi connectivity index (χ0v) is 15.3. The van der Waals surface area contributed by atoms with E-state index in [0.717, 1.165) is 13.3 Å². The summed E-state index contributed by atoms with van der Waals surface area (Å²) in [5, 5.41) is 16.0. The van der Waals surface area contributed by atoms with Gasteiger partial charge in [-0.05, 0) is 38.5 Å². The van der Waals surface area contributed by atoms with Crippen LogP contribution in [0.25, 0.3) is 0 Å². The Kier molecular flexibility index (Phi) is 24.4. The molecule has 0 spiro atoms. The maximum Gasteiger partial charge on any atom is 0.300 e. The van der Waals surface area contributed by atoms with Crippen molar-refractivity contribution in [3.05, 3.63) is 24.3 Å². The molecule has 0 aromatic heterocycles. The molecule has 0 heterocycles. The molecule has 3 nitrogen and oxygen atoms in total. The summed E-state index contributed by atoms with van der Waals surface area (Å²) in [7, 11) is 0. The SMILES string of the molecule is CC(=O)O.CCCCC=CCCCCCCCCC=CCCO. The number of hydrogen-bond donors (Lipinski definition) is 2. The van der Waals surface area contributed by atoms with Crippen LogP contribution in [0.5, 0.6) is 0 Å². The zero-order chi connectivity index (χ0) is 17.6. The van der Waals surface area contributed by atoms with Crippen LogP contribution in [0.15, 0.2) is 24.3 Å². The summed E-state index contributed by atoms with van der Waals surface area (Å²) < 4.78 is 0. The first-order valence-corrected chi connectivity index (χ1v) is 9.25. The number of rotatable bonds is 14. The number of aliphatic hydroxyl groups is 1. The van der Waals surface area contributed by atoms with Crippen molar-refractivity contribution < 1.29 is 15.0 Å². The highest BCUT2D eigenvalue weighted by Gasteiger charge is 1.90. The smallest absolute Gasteiger partial charge is 0.300 e. The minimum absolute atomic E-state index is 0.281. The van der Waals surface area contributed by atoms with Gasteiger partial charge in [0, 0.05) is 13.5 Å². The van der Waals surface area contributed by atoms with Crippen LogP contribution in [0.2, 0.25) is 0 Å². The molecule has 0 radical (unpaired) electrons. The third-order valence-corrected chi connectivity index (χ3v) is 3.35. The van der Waals surface area contributed by atoms with E-state index in [2.05, 4.69) is 31.2 Å². The molecule has 0 rings (SSSR count). The molecule has 0 aliphatic rings. The lowest BCUT2D eigenvalue weighted by Gasteiger charge is -1.99. The van der Waals surface area contributed by atoms with Crippen molar-refractivity contribution in [2.75, 3.05) is 6.61 Å². The molecule has 0 atom stereocenters. The molecule has 0 aliphatic carbocycles. The molecule has 3 heteroatoms. The standard InChI is InChI=1S/C18H34O.C2H4O2/c1-2-3-4-5-6-7-8-9-10-11-12-13-14-15-16-17-18-19;1-2(3)4/h5-6,15-16,19H,2-4,7-14,17-18H2,1H3;1H3,(H,3,4). The Balaban J connectivity index is 0. The van der Waals surface area contributed by atoms with E-state index >= 15 is 0 Å². The van der Waals surface area contributed by atoms with E-state index in [0.29, 0.717) is 0 Å². The molecule has 136 valence electrons. The third kappa shape index (κ3) is 33.6. The van der Waals surface area contributed by atoms with Crippen LogP contribution in [-0.2, 0) is 4.79 Å². The number of carbonyl (C=O) groups is 1. The fourth-order valence-electron chi connectivity index (χ4n) is 2.10. The molecule has 0 aromatic carbocycles. The summed E-state index contributed by atoms with van der Waals surface area (Å²) in [6, 6.07) is 0. The predicted octanol–water partition coefficient (Wildman–Crippen LogP) is 5.88. The molecule has 0 fully saturated rings. The highest BCUT2D eigenvalue weighted by atomic mass is 16.4. The number of aliphatic hydroxyl groups excluding tert-OH is 1. The number of carboxylic acids is 1. The Morgan fingerprint density at radius 2 is 1.09 bits per heavy atom. The molecule has 2 N–H and O–H groups in total. The van der Waals surface area contributed by atoms with Gasteiger partial charge in [0.25, 0.3) is 5.97 Å². The summed E-state index contributed by atoms with van der Waals surface area (Å²) in [6.07, 6.45) is 24.4. The van der Waals surface area contributed by atoms with Crippen molar-refractivity contribution in [2.24, 2.45) is 0 Å². The van der Waals surface area contributed by atoms with Crippen molar-refractivity contribution in [2.45, 2.75) is 90.9 Å². The molecule has 0 aliphatic heterocycles. The first-order chi connectivity index (χ1) is 11.1. The minimum atomic E-state index is -0.833. The van der Waals surface area contributed by atoms with Crippen LogP contribution < -0.4 is 0 Å². The van der Waals surface area contributed by atoms with E-state index in [4.69, 9.17) is 15.0 Å². The molecular weight excluding hydrogens is 288 g/mol. The highest BCUT2D eigenvalue weighted by Crippen LogP contribution is 2.09. The van der Waals surface area contributed by atoms with Crippen LogP contribution in [0.1, 0.15) is 90.9 Å². The highest BCUT2D eigenvalue weighted by molar-refractivity contribution is 5.62. The fourth-order valence-corrected chi connectivity index (χ4v) is 2.10. The van der Waals surface area contributed by atoms with Gasteiger partial charge in [-0.25, -0.2) is 0 Å². The van der Waals surface area contributed by atoms with E-state index in [9.17, 15) is 0 Å². The fraction of sp³-hybridized carbons (Fsp3) is 0.750. The number of allylic oxidation sites excluding steroid dienone is 3. The van der Waals surface area contributed by atoms with Crippen LogP contribution >= 0.6 is 0 Å². The first-order valence-electron chi connectivity index (χ1n) is 9.25. The minimum Gasteiger partial charge on any atom is -0.481 e. The van der Waals surface area contributed by atoms with Gasteiger partial charge >= 0.3 is 0 Å². The maximum atomic E-state index is 9.00. The van der Waals surface area contributed by atoms with E-state index < -0.39 is 5.97 Å². The Hall–Kier alpha value is -1.09. The normalized spacial score (nSPS) is 10.9. The summed E-state index contributed by atoms with van der Waals surface area (Å²) >= 11 is 0. The van der Waals surface area contributed by atoms with Crippen molar-refractivity contribution in [3.63, 3.8) is 0 Å². The van der Waals surface area contributed by atoms with Gasteiger partial charge in [0.05, 0.1) is 0 Å². The van der Waals surface area contributed by atoms with Crippen molar-refractivity contribution in [1.29, 1.82) is 0 Å². The van der Waals surface area contributed by atoms with E-state index in [1.54, 1.807) is 0 Å². The van der Waals surface area contributed by atoms with Crippen molar-refractivity contribution in [3.8, 4) is 0 Å². The van der Waals surface area contributed by atoms with Crippen molar-refractivity contribution >= 4 is 5.97 Å². The van der Waals surface area contributed by atoms with Crippen LogP contribution in [0.3, 0.4) is 0 Å². The molecule has 0 bridgehead atoms. The molecule has 0 amide bonds. The van der Waals surface area contributed by atoms with E-state index in [1.807, 2.05) is 0 Å². The first kappa shape index (κ1) is 24.2. The molecule has 23 heavy (non-hydrogen) atoms. The Labute approximate surface area is 143 Å². The number of aliphatic carboxylic acids is 1. The van der Waals surface area contributed by atoms with E-state index in [-0.39, 0.29) is 6.61 Å². The molecule has 0 saturated carbocycles. The molecule has 0 unspecified atom stereocenters. The van der Waals surface area contributed by atoms with Gasteiger partial charge in [-0.3, -0.25) is 4.79 Å².